The number of hydrogen-bond acceptors (Lipinski definition) is 5. The van der Waals surface area contributed by atoms with Crippen molar-refractivity contribution in [3.63, 3.8) is 0 Å². The number of benzene rings is 1. The minimum Gasteiger partial charge on any atom is -0.438 e. The molecule has 19 heavy (non-hydrogen) atoms. The third-order valence-corrected chi connectivity index (χ3v) is 2.50. The van der Waals surface area contributed by atoms with E-state index in [0.717, 1.165) is 5.56 Å². The maximum absolute atomic E-state index is 10.5. The summed E-state index contributed by atoms with van der Waals surface area (Å²) >= 11 is 0. The van der Waals surface area contributed by atoms with E-state index < -0.39 is 4.92 Å². The van der Waals surface area contributed by atoms with Gasteiger partial charge in [-0.2, -0.15) is 5.26 Å². The zero-order chi connectivity index (χ0) is 13.8. The number of pyridine rings is 1. The van der Waals surface area contributed by atoms with Crippen LogP contribution in [-0.2, 0) is 0 Å². The largest absolute Gasteiger partial charge is 0.438 e. The molecule has 0 radical (unpaired) electrons. The Kier molecular flexibility index (Phi) is 3.39. The van der Waals surface area contributed by atoms with Gasteiger partial charge in [0.25, 0.3) is 5.69 Å². The maximum Gasteiger partial charge on any atom is 0.269 e. The molecule has 0 saturated heterocycles. The second kappa shape index (κ2) is 5.14. The van der Waals surface area contributed by atoms with E-state index in [-0.39, 0.29) is 11.6 Å². The molecule has 0 unspecified atom stereocenters. The Balaban J connectivity index is 2.29. The van der Waals surface area contributed by atoms with Crippen LogP contribution < -0.4 is 4.74 Å². The number of nitro groups is 1. The van der Waals surface area contributed by atoms with Crippen LogP contribution in [0.4, 0.5) is 5.69 Å². The van der Waals surface area contributed by atoms with Crippen LogP contribution in [-0.4, -0.2) is 9.91 Å². The second-order valence-corrected chi connectivity index (χ2v) is 3.77. The van der Waals surface area contributed by atoms with E-state index >= 15 is 0 Å². The Labute approximate surface area is 109 Å². The summed E-state index contributed by atoms with van der Waals surface area (Å²) in [5.74, 6) is 0.580. The van der Waals surface area contributed by atoms with Gasteiger partial charge >= 0.3 is 0 Å². The van der Waals surface area contributed by atoms with Crippen LogP contribution in [0, 0.1) is 28.4 Å². The summed E-state index contributed by atoms with van der Waals surface area (Å²) in [6.45, 7) is 1.78. The quantitative estimate of drug-likeness (QED) is 0.621. The molecule has 0 bridgehead atoms. The third kappa shape index (κ3) is 2.66. The van der Waals surface area contributed by atoms with Crippen molar-refractivity contribution in [2.45, 2.75) is 6.92 Å². The lowest BCUT2D eigenvalue weighted by molar-refractivity contribution is -0.384. The van der Waals surface area contributed by atoms with Crippen molar-refractivity contribution in [1.82, 2.24) is 4.98 Å². The molecule has 0 amide bonds. The zero-order valence-corrected chi connectivity index (χ0v) is 10.0. The second-order valence-electron chi connectivity index (χ2n) is 3.77. The zero-order valence-electron chi connectivity index (χ0n) is 10.0. The average Bonchev–Trinajstić information content (AvgIpc) is 2.39. The van der Waals surface area contributed by atoms with Crippen molar-refractivity contribution in [3.05, 3.63) is 57.8 Å². The predicted molar refractivity (Wildman–Crippen MR) is 66.9 cm³/mol. The first-order chi connectivity index (χ1) is 9.11. The van der Waals surface area contributed by atoms with E-state index in [9.17, 15) is 10.1 Å². The highest BCUT2D eigenvalue weighted by Crippen LogP contribution is 2.25. The van der Waals surface area contributed by atoms with Crippen molar-refractivity contribution in [2.24, 2.45) is 0 Å². The minimum absolute atomic E-state index is 0.0231. The number of nitro benzene ring substituents is 1. The molecule has 0 spiro atoms. The fourth-order valence-corrected chi connectivity index (χ4v) is 1.49. The lowest BCUT2D eigenvalue weighted by Crippen LogP contribution is -1.94. The van der Waals surface area contributed by atoms with Crippen LogP contribution in [0.5, 0.6) is 11.6 Å². The van der Waals surface area contributed by atoms with Crippen LogP contribution in [0.25, 0.3) is 0 Å². The average molecular weight is 255 g/mol. The Morgan fingerprint density at radius 1 is 1.32 bits per heavy atom. The lowest BCUT2D eigenvalue weighted by Gasteiger charge is -2.07. The highest BCUT2D eigenvalue weighted by Gasteiger charge is 2.10. The van der Waals surface area contributed by atoms with Crippen LogP contribution in [0.15, 0.2) is 36.5 Å². The molecular formula is C13H9N3O3. The SMILES string of the molecule is Cc1ccnc(Oc2ccc([N+](=O)[O-])cc2)c1C#N. The van der Waals surface area contributed by atoms with Gasteiger partial charge in [-0.15, -0.1) is 0 Å². The van der Waals surface area contributed by atoms with Gasteiger partial charge < -0.3 is 4.74 Å². The fraction of sp³-hybridized carbons (Fsp3) is 0.0769. The summed E-state index contributed by atoms with van der Waals surface area (Å²) in [4.78, 5) is 14.0. The molecule has 1 aromatic carbocycles. The molecule has 0 atom stereocenters. The first kappa shape index (κ1) is 12.5. The van der Waals surface area contributed by atoms with E-state index in [2.05, 4.69) is 4.98 Å². The van der Waals surface area contributed by atoms with Gasteiger partial charge in [-0.25, -0.2) is 4.98 Å². The van der Waals surface area contributed by atoms with E-state index in [1.165, 1.54) is 30.5 Å². The third-order valence-electron chi connectivity index (χ3n) is 2.50. The summed E-state index contributed by atoms with van der Waals surface area (Å²) in [5, 5.41) is 19.6. The number of rotatable bonds is 3. The van der Waals surface area contributed by atoms with E-state index in [0.29, 0.717) is 11.3 Å². The molecule has 2 aromatic rings. The van der Waals surface area contributed by atoms with Crippen LogP contribution >= 0.6 is 0 Å². The molecule has 1 aromatic heterocycles. The summed E-state index contributed by atoms with van der Waals surface area (Å²) in [7, 11) is 0. The molecule has 0 aliphatic carbocycles. The van der Waals surface area contributed by atoms with Crippen LogP contribution in [0.2, 0.25) is 0 Å². The van der Waals surface area contributed by atoms with E-state index in [1.807, 2.05) is 6.07 Å². The lowest BCUT2D eigenvalue weighted by atomic mass is 10.2. The molecule has 2 rings (SSSR count). The van der Waals surface area contributed by atoms with E-state index in [4.69, 9.17) is 10.00 Å². The Hall–Kier alpha value is -2.94. The molecule has 0 saturated carbocycles. The summed E-state index contributed by atoms with van der Waals surface area (Å²) in [5.41, 5.74) is 1.08. The highest BCUT2D eigenvalue weighted by molar-refractivity contribution is 5.46. The van der Waals surface area contributed by atoms with Gasteiger partial charge in [-0.05, 0) is 30.7 Å². The Bertz CT molecular complexity index is 660. The number of nitrogens with zero attached hydrogens (tertiary/aromatic N) is 3. The van der Waals surface area contributed by atoms with Crippen molar-refractivity contribution in [2.75, 3.05) is 0 Å². The number of ether oxygens (including phenoxy) is 1. The number of aryl methyl sites for hydroxylation is 1. The topological polar surface area (TPSA) is 89.1 Å². The normalized spacial score (nSPS) is 9.68. The molecule has 6 heteroatoms. The van der Waals surface area contributed by atoms with E-state index in [1.54, 1.807) is 13.0 Å². The molecule has 0 aliphatic heterocycles. The Morgan fingerprint density at radius 2 is 2.00 bits per heavy atom. The Morgan fingerprint density at radius 3 is 2.58 bits per heavy atom. The molecule has 1 heterocycles. The number of aromatic nitrogens is 1. The number of nitriles is 1. The number of hydrogen-bond donors (Lipinski definition) is 0. The summed E-state index contributed by atoms with van der Waals surface area (Å²) in [6.07, 6.45) is 1.54. The maximum atomic E-state index is 10.5. The smallest absolute Gasteiger partial charge is 0.269 e. The molecule has 0 aliphatic rings. The van der Waals surface area contributed by atoms with Crippen molar-refractivity contribution < 1.29 is 9.66 Å². The van der Waals surface area contributed by atoms with Gasteiger partial charge in [-0.3, -0.25) is 10.1 Å². The van der Waals surface area contributed by atoms with Crippen LogP contribution in [0.3, 0.4) is 0 Å². The summed E-state index contributed by atoms with van der Waals surface area (Å²) < 4.78 is 5.46. The molecule has 94 valence electrons. The standard InChI is InChI=1S/C13H9N3O3/c1-9-6-7-15-13(12(9)8-14)19-11-4-2-10(3-5-11)16(17)18/h2-7H,1H3. The van der Waals surface area contributed by atoms with Crippen molar-refractivity contribution in [3.8, 4) is 17.7 Å². The van der Waals surface area contributed by atoms with Gasteiger partial charge in [0.15, 0.2) is 0 Å². The van der Waals surface area contributed by atoms with Crippen molar-refractivity contribution >= 4 is 5.69 Å². The molecule has 0 fully saturated rings. The molecule has 6 nitrogen and oxygen atoms in total. The molecule has 0 N–H and O–H groups in total. The van der Waals surface area contributed by atoms with Crippen LogP contribution in [0.1, 0.15) is 11.1 Å². The first-order valence-corrected chi connectivity index (χ1v) is 5.40. The van der Waals surface area contributed by atoms with Gasteiger partial charge in [0.05, 0.1) is 4.92 Å². The van der Waals surface area contributed by atoms with Gasteiger partial charge in [-0.1, -0.05) is 0 Å². The van der Waals surface area contributed by atoms with Gasteiger partial charge in [0.2, 0.25) is 5.88 Å². The van der Waals surface area contributed by atoms with Gasteiger partial charge in [0.1, 0.15) is 17.4 Å². The van der Waals surface area contributed by atoms with Gasteiger partial charge in [0, 0.05) is 18.3 Å². The predicted octanol–water partition coefficient (Wildman–Crippen LogP) is 2.96. The van der Waals surface area contributed by atoms with Crippen molar-refractivity contribution in [1.29, 1.82) is 5.26 Å². The fourth-order valence-electron chi connectivity index (χ4n) is 1.49. The minimum atomic E-state index is -0.491. The summed E-state index contributed by atoms with van der Waals surface area (Å²) in [6, 6.07) is 9.31. The molecular weight excluding hydrogens is 246 g/mol. The highest BCUT2D eigenvalue weighted by atomic mass is 16.6. The monoisotopic (exact) mass is 255 g/mol. The first-order valence-electron chi connectivity index (χ1n) is 5.40. The number of non-ortho nitro benzene ring substituents is 1.